The number of carbonyl (C=O) groups is 1. The highest BCUT2D eigenvalue weighted by molar-refractivity contribution is 8.00. The Labute approximate surface area is 143 Å². The fraction of sp³-hybridized carbons (Fsp3) is 0.176. The van der Waals surface area contributed by atoms with Crippen LogP contribution in [0.3, 0.4) is 0 Å². The third-order valence-electron chi connectivity index (χ3n) is 3.23. The third kappa shape index (κ3) is 4.50. The molecule has 0 aromatic heterocycles. The lowest BCUT2D eigenvalue weighted by Gasteiger charge is -2.25. The Morgan fingerprint density at radius 3 is 2.83 bits per heavy atom. The summed E-state index contributed by atoms with van der Waals surface area (Å²) in [5, 5.41) is 4.49. The second-order valence-electron chi connectivity index (χ2n) is 5.06. The summed E-state index contributed by atoms with van der Waals surface area (Å²) >= 11 is 7.74. The fourth-order valence-corrected chi connectivity index (χ4v) is 2.76. The zero-order chi connectivity index (χ0) is 16.1. The number of halogens is 1. The smallest absolute Gasteiger partial charge is 0.271 e. The number of hydrazone groups is 1. The molecular weight excluding hydrogens is 332 g/mol. The molecule has 4 nitrogen and oxygen atoms in total. The monoisotopic (exact) mass is 346 g/mol. The Balaban J connectivity index is 1.59. The van der Waals surface area contributed by atoms with Crippen LogP contribution in [0.25, 0.3) is 0 Å². The van der Waals surface area contributed by atoms with Crippen molar-refractivity contribution < 1.29 is 9.53 Å². The second kappa shape index (κ2) is 7.53. The molecule has 1 fully saturated rings. The van der Waals surface area contributed by atoms with Gasteiger partial charge in [0.1, 0.15) is 11.9 Å². The Bertz CT molecular complexity index is 732. The van der Waals surface area contributed by atoms with Gasteiger partial charge < -0.3 is 4.74 Å². The largest absolute Gasteiger partial charge is 0.489 e. The number of nitrogens with zero attached hydrogens (tertiary/aromatic N) is 1. The summed E-state index contributed by atoms with van der Waals surface area (Å²) in [7, 11) is 0. The Morgan fingerprint density at radius 1 is 1.26 bits per heavy atom. The molecule has 1 heterocycles. The van der Waals surface area contributed by atoms with Crippen molar-refractivity contribution in [1.82, 2.24) is 5.43 Å². The molecule has 0 aliphatic carbocycles. The normalized spacial score (nSPS) is 14.5. The lowest BCUT2D eigenvalue weighted by Crippen LogP contribution is -2.31. The summed E-state index contributed by atoms with van der Waals surface area (Å²) in [4.78, 5) is 11.9. The van der Waals surface area contributed by atoms with Gasteiger partial charge in [-0.05, 0) is 35.9 Å². The first-order valence-corrected chi connectivity index (χ1v) is 8.67. The van der Waals surface area contributed by atoms with Crippen LogP contribution in [-0.2, 0) is 0 Å². The number of ether oxygens (including phenoxy) is 1. The van der Waals surface area contributed by atoms with E-state index in [4.69, 9.17) is 16.3 Å². The molecule has 0 spiro atoms. The van der Waals surface area contributed by atoms with Gasteiger partial charge >= 0.3 is 0 Å². The van der Waals surface area contributed by atoms with Crippen molar-refractivity contribution >= 4 is 35.5 Å². The highest BCUT2D eigenvalue weighted by Gasteiger charge is 2.19. The Hall–Kier alpha value is -1.98. The molecule has 1 saturated heterocycles. The summed E-state index contributed by atoms with van der Waals surface area (Å²) in [6.07, 6.45) is 1.89. The van der Waals surface area contributed by atoms with Crippen molar-refractivity contribution in [3.8, 4) is 5.75 Å². The lowest BCUT2D eigenvalue weighted by atomic mass is 10.2. The molecular formula is C17H15ClN2O2S. The van der Waals surface area contributed by atoms with E-state index in [1.807, 2.05) is 36.0 Å². The third-order valence-corrected chi connectivity index (χ3v) is 4.68. The van der Waals surface area contributed by atoms with Crippen LogP contribution in [0.1, 0.15) is 15.9 Å². The molecule has 0 radical (unpaired) electrons. The minimum Gasteiger partial charge on any atom is -0.489 e. The molecule has 1 aliphatic rings. The molecule has 1 N–H and O–H groups in total. The predicted molar refractivity (Wildman–Crippen MR) is 94.7 cm³/mol. The first-order valence-electron chi connectivity index (χ1n) is 7.14. The minimum atomic E-state index is -0.303. The fourth-order valence-electron chi connectivity index (χ4n) is 2.00. The molecule has 0 bridgehead atoms. The standard InChI is InChI=1S/C17H15ClN2O2S/c18-14-5-2-4-13(8-14)17(21)20-19-9-12-3-1-6-15(7-12)22-16-10-23-11-16/h1-9,16H,10-11H2,(H,20,21)/b19-9-. The minimum absolute atomic E-state index is 0.301. The molecule has 6 heteroatoms. The van der Waals surface area contributed by atoms with Crippen molar-refractivity contribution in [1.29, 1.82) is 0 Å². The van der Waals surface area contributed by atoms with Crippen LogP contribution in [0.15, 0.2) is 53.6 Å². The first-order chi connectivity index (χ1) is 11.2. The zero-order valence-corrected chi connectivity index (χ0v) is 13.8. The van der Waals surface area contributed by atoms with Gasteiger partial charge in [0.25, 0.3) is 5.91 Å². The van der Waals surface area contributed by atoms with E-state index in [1.54, 1.807) is 30.5 Å². The van der Waals surface area contributed by atoms with E-state index in [0.29, 0.717) is 16.7 Å². The van der Waals surface area contributed by atoms with Gasteiger partial charge in [-0.15, -0.1) is 0 Å². The van der Waals surface area contributed by atoms with Gasteiger partial charge in [0.05, 0.1) is 6.21 Å². The van der Waals surface area contributed by atoms with Crippen LogP contribution in [0.5, 0.6) is 5.75 Å². The number of amides is 1. The van der Waals surface area contributed by atoms with Gasteiger partial charge in [0.2, 0.25) is 0 Å². The van der Waals surface area contributed by atoms with Crippen LogP contribution in [0.2, 0.25) is 5.02 Å². The molecule has 1 aliphatic heterocycles. The number of benzene rings is 2. The molecule has 1 amide bonds. The van der Waals surface area contributed by atoms with Gasteiger partial charge in [-0.2, -0.15) is 16.9 Å². The highest BCUT2D eigenvalue weighted by atomic mass is 35.5. The SMILES string of the molecule is O=C(N/N=C\c1cccc(OC2CSC2)c1)c1cccc(Cl)c1. The summed E-state index contributed by atoms with van der Waals surface area (Å²) in [6.45, 7) is 0. The summed E-state index contributed by atoms with van der Waals surface area (Å²) in [6, 6.07) is 14.3. The Kier molecular flexibility index (Phi) is 5.20. The second-order valence-corrected chi connectivity index (χ2v) is 6.57. The molecule has 0 unspecified atom stereocenters. The van der Waals surface area contributed by atoms with E-state index in [-0.39, 0.29) is 5.91 Å². The van der Waals surface area contributed by atoms with Gasteiger partial charge in [-0.1, -0.05) is 29.8 Å². The number of hydrogen-bond acceptors (Lipinski definition) is 4. The molecule has 3 rings (SSSR count). The molecule has 2 aromatic carbocycles. The average molecular weight is 347 g/mol. The van der Waals surface area contributed by atoms with Crippen LogP contribution >= 0.6 is 23.4 Å². The molecule has 118 valence electrons. The average Bonchev–Trinajstić information content (AvgIpc) is 2.51. The number of carbonyl (C=O) groups excluding carboxylic acids is 1. The van der Waals surface area contributed by atoms with Gasteiger partial charge in [0, 0.05) is 22.1 Å². The van der Waals surface area contributed by atoms with Crippen molar-refractivity contribution in [3.05, 3.63) is 64.7 Å². The van der Waals surface area contributed by atoms with Crippen molar-refractivity contribution in [3.63, 3.8) is 0 Å². The van der Waals surface area contributed by atoms with Gasteiger partial charge in [-0.25, -0.2) is 5.43 Å². The zero-order valence-electron chi connectivity index (χ0n) is 12.2. The van der Waals surface area contributed by atoms with Crippen LogP contribution in [0.4, 0.5) is 0 Å². The first kappa shape index (κ1) is 15.9. The van der Waals surface area contributed by atoms with Crippen molar-refractivity contribution in [2.24, 2.45) is 5.10 Å². The van der Waals surface area contributed by atoms with Crippen LogP contribution in [0, 0.1) is 0 Å². The number of rotatable bonds is 5. The Morgan fingerprint density at radius 2 is 2.09 bits per heavy atom. The number of thioether (sulfide) groups is 1. The molecule has 2 aromatic rings. The summed E-state index contributed by atoms with van der Waals surface area (Å²) in [5.74, 6) is 2.59. The van der Waals surface area contributed by atoms with E-state index in [2.05, 4.69) is 10.5 Å². The van der Waals surface area contributed by atoms with Crippen molar-refractivity contribution in [2.45, 2.75) is 6.10 Å². The molecule has 0 atom stereocenters. The summed E-state index contributed by atoms with van der Waals surface area (Å²) in [5.41, 5.74) is 3.81. The maximum Gasteiger partial charge on any atom is 0.271 e. The molecule has 0 saturated carbocycles. The number of nitrogens with one attached hydrogen (secondary N) is 1. The van der Waals surface area contributed by atoms with Gasteiger partial charge in [-0.3, -0.25) is 4.79 Å². The van der Waals surface area contributed by atoms with E-state index in [1.165, 1.54) is 0 Å². The predicted octanol–water partition coefficient (Wildman–Crippen LogP) is 3.60. The van der Waals surface area contributed by atoms with Crippen LogP contribution < -0.4 is 10.2 Å². The van der Waals surface area contributed by atoms with Crippen LogP contribution in [-0.4, -0.2) is 29.7 Å². The summed E-state index contributed by atoms with van der Waals surface area (Å²) < 4.78 is 5.82. The van der Waals surface area contributed by atoms with E-state index in [9.17, 15) is 4.79 Å². The quantitative estimate of drug-likeness (QED) is 0.664. The maximum absolute atomic E-state index is 11.9. The van der Waals surface area contributed by atoms with E-state index >= 15 is 0 Å². The maximum atomic E-state index is 11.9. The topological polar surface area (TPSA) is 50.7 Å². The van der Waals surface area contributed by atoms with E-state index < -0.39 is 0 Å². The molecule has 23 heavy (non-hydrogen) atoms. The lowest BCUT2D eigenvalue weighted by molar-refractivity contribution is 0.0955. The van der Waals surface area contributed by atoms with Gasteiger partial charge in [0.15, 0.2) is 0 Å². The number of hydrogen-bond donors (Lipinski definition) is 1. The van der Waals surface area contributed by atoms with E-state index in [0.717, 1.165) is 22.8 Å². The van der Waals surface area contributed by atoms with Crippen molar-refractivity contribution in [2.75, 3.05) is 11.5 Å². The highest BCUT2D eigenvalue weighted by Crippen LogP contribution is 2.24.